The van der Waals surface area contributed by atoms with Crippen LogP contribution in [-0.2, 0) is 13.0 Å². The largest absolute Gasteiger partial charge is 0.493 e. The lowest BCUT2D eigenvalue weighted by molar-refractivity contribution is 0.0730. The van der Waals surface area contributed by atoms with Crippen molar-refractivity contribution in [2.24, 2.45) is 0 Å². The second-order valence-electron chi connectivity index (χ2n) is 6.57. The highest BCUT2D eigenvalue weighted by Gasteiger charge is 2.26. The number of ether oxygens (including phenoxy) is 2. The molecule has 1 aromatic heterocycles. The molecule has 0 bridgehead atoms. The molecule has 134 valence electrons. The van der Waals surface area contributed by atoms with E-state index in [1.807, 2.05) is 42.2 Å². The number of carbonyl (C=O) groups excluding carboxylic acids is 1. The maximum atomic E-state index is 13.1. The number of hydrogen-bond donors (Lipinski definition) is 1. The zero-order chi connectivity index (χ0) is 18.3. The molecule has 1 N–H and O–H groups in total. The summed E-state index contributed by atoms with van der Waals surface area (Å²) in [6.45, 7) is 3.20. The van der Waals surface area contributed by atoms with Crippen LogP contribution in [0.1, 0.15) is 27.2 Å². The van der Waals surface area contributed by atoms with E-state index in [0.29, 0.717) is 24.5 Å². The first-order chi connectivity index (χ1) is 12.6. The maximum absolute atomic E-state index is 13.1. The average molecular weight is 351 g/mol. The van der Waals surface area contributed by atoms with E-state index in [9.17, 15) is 4.79 Å². The Kier molecular flexibility index (Phi) is 4.03. The number of hydrogen-bond acceptors (Lipinski definition) is 4. The predicted octanol–water partition coefficient (Wildman–Crippen LogP) is 3.09. The third-order valence-corrected chi connectivity index (χ3v) is 4.93. The van der Waals surface area contributed by atoms with Crippen LogP contribution in [0.4, 0.5) is 0 Å². The molecule has 2 aromatic carbocycles. The number of benzene rings is 2. The van der Waals surface area contributed by atoms with Gasteiger partial charge in [0.15, 0.2) is 17.2 Å². The van der Waals surface area contributed by atoms with Gasteiger partial charge in [-0.15, -0.1) is 0 Å². The van der Waals surface area contributed by atoms with Gasteiger partial charge in [0.1, 0.15) is 0 Å². The van der Waals surface area contributed by atoms with E-state index in [1.54, 1.807) is 14.2 Å². The number of fused-ring (bicyclic) bond motifs is 2. The molecule has 1 aliphatic heterocycles. The summed E-state index contributed by atoms with van der Waals surface area (Å²) >= 11 is 0. The first-order valence-electron chi connectivity index (χ1n) is 8.58. The molecule has 0 radical (unpaired) electrons. The van der Waals surface area contributed by atoms with Crippen LogP contribution >= 0.6 is 0 Å². The topological polar surface area (TPSA) is 67.5 Å². The first kappa shape index (κ1) is 16.4. The fourth-order valence-electron chi connectivity index (χ4n) is 3.50. The summed E-state index contributed by atoms with van der Waals surface area (Å²) in [5, 5.41) is 8.09. The van der Waals surface area contributed by atoms with Crippen molar-refractivity contribution < 1.29 is 14.3 Å². The van der Waals surface area contributed by atoms with E-state index in [-0.39, 0.29) is 5.91 Å². The Hall–Kier alpha value is -3.02. The minimum atomic E-state index is -0.0534. The molecule has 4 rings (SSSR count). The van der Waals surface area contributed by atoms with Gasteiger partial charge >= 0.3 is 0 Å². The highest BCUT2D eigenvalue weighted by molar-refractivity contribution is 6.04. The Bertz CT molecular complexity index is 993. The molecule has 0 saturated carbocycles. The Labute approximate surface area is 151 Å². The number of aryl methyl sites for hydroxylation is 1. The van der Waals surface area contributed by atoms with E-state index < -0.39 is 0 Å². The first-order valence-corrected chi connectivity index (χ1v) is 8.58. The summed E-state index contributed by atoms with van der Waals surface area (Å²) < 4.78 is 10.8. The van der Waals surface area contributed by atoms with Crippen LogP contribution in [0.15, 0.2) is 30.3 Å². The van der Waals surface area contributed by atoms with Crippen molar-refractivity contribution >= 4 is 16.8 Å². The minimum absolute atomic E-state index is 0.0534. The van der Waals surface area contributed by atoms with Crippen LogP contribution < -0.4 is 9.47 Å². The molecule has 0 fully saturated rings. The van der Waals surface area contributed by atoms with E-state index in [2.05, 4.69) is 10.2 Å². The second kappa shape index (κ2) is 6.37. The molecule has 6 heteroatoms. The SMILES string of the molecule is COc1cc2c(cc1OC)CN(C(=O)c1n[nH]c3ccc(C)cc13)CC2. The zero-order valence-corrected chi connectivity index (χ0v) is 15.1. The lowest BCUT2D eigenvalue weighted by atomic mass is 9.98. The minimum Gasteiger partial charge on any atom is -0.493 e. The lowest BCUT2D eigenvalue weighted by Crippen LogP contribution is -2.36. The van der Waals surface area contributed by atoms with Crippen molar-refractivity contribution in [2.45, 2.75) is 19.9 Å². The summed E-state index contributed by atoms with van der Waals surface area (Å²) in [6.07, 6.45) is 0.781. The normalized spacial score (nSPS) is 13.6. The average Bonchev–Trinajstić information content (AvgIpc) is 3.08. The monoisotopic (exact) mass is 351 g/mol. The molecule has 0 spiro atoms. The van der Waals surface area contributed by atoms with Gasteiger partial charge in [-0.1, -0.05) is 11.6 Å². The molecule has 2 heterocycles. The van der Waals surface area contributed by atoms with E-state index >= 15 is 0 Å². The Balaban J connectivity index is 1.65. The van der Waals surface area contributed by atoms with Gasteiger partial charge < -0.3 is 14.4 Å². The van der Waals surface area contributed by atoms with Gasteiger partial charge in [-0.2, -0.15) is 5.10 Å². The standard InChI is InChI=1S/C20H21N3O3/c1-12-4-5-16-15(8-12)19(22-21-16)20(24)23-7-6-13-9-17(25-2)18(26-3)10-14(13)11-23/h4-5,8-10H,6-7,11H2,1-3H3,(H,21,22). The summed E-state index contributed by atoms with van der Waals surface area (Å²) in [6, 6.07) is 9.92. The molecule has 0 aliphatic carbocycles. The molecular formula is C20H21N3O3. The number of carbonyl (C=O) groups is 1. The van der Waals surface area contributed by atoms with Crippen molar-refractivity contribution in [1.29, 1.82) is 0 Å². The quantitative estimate of drug-likeness (QED) is 0.787. The molecular weight excluding hydrogens is 330 g/mol. The lowest BCUT2D eigenvalue weighted by Gasteiger charge is -2.29. The smallest absolute Gasteiger partial charge is 0.275 e. The number of aromatic nitrogens is 2. The zero-order valence-electron chi connectivity index (χ0n) is 15.1. The van der Waals surface area contributed by atoms with Gasteiger partial charge in [0.05, 0.1) is 19.7 Å². The van der Waals surface area contributed by atoms with E-state index in [0.717, 1.165) is 34.2 Å². The number of nitrogens with zero attached hydrogens (tertiary/aromatic N) is 2. The summed E-state index contributed by atoms with van der Waals surface area (Å²) in [5.41, 5.74) is 4.73. The Morgan fingerprint density at radius 2 is 1.85 bits per heavy atom. The molecule has 3 aromatic rings. The highest BCUT2D eigenvalue weighted by atomic mass is 16.5. The fraction of sp³-hybridized carbons (Fsp3) is 0.300. The van der Waals surface area contributed by atoms with Crippen molar-refractivity contribution in [2.75, 3.05) is 20.8 Å². The number of H-pyrrole nitrogens is 1. The van der Waals surface area contributed by atoms with Crippen LogP contribution in [-0.4, -0.2) is 41.8 Å². The molecule has 6 nitrogen and oxygen atoms in total. The highest BCUT2D eigenvalue weighted by Crippen LogP contribution is 2.33. The molecule has 0 saturated heterocycles. The van der Waals surface area contributed by atoms with Gasteiger partial charge in [0, 0.05) is 18.5 Å². The van der Waals surface area contributed by atoms with Crippen LogP contribution in [0.3, 0.4) is 0 Å². The van der Waals surface area contributed by atoms with Gasteiger partial charge in [-0.25, -0.2) is 0 Å². The van der Waals surface area contributed by atoms with Gasteiger partial charge in [-0.3, -0.25) is 9.89 Å². The number of nitrogens with one attached hydrogen (secondary N) is 1. The maximum Gasteiger partial charge on any atom is 0.275 e. The molecule has 0 atom stereocenters. The van der Waals surface area contributed by atoms with E-state index in [1.165, 1.54) is 5.56 Å². The number of aromatic amines is 1. The Morgan fingerprint density at radius 3 is 2.58 bits per heavy atom. The Morgan fingerprint density at radius 1 is 1.12 bits per heavy atom. The van der Waals surface area contributed by atoms with Gasteiger partial charge in [0.25, 0.3) is 5.91 Å². The van der Waals surface area contributed by atoms with Crippen molar-refractivity contribution in [3.8, 4) is 11.5 Å². The predicted molar refractivity (Wildman–Crippen MR) is 98.8 cm³/mol. The third kappa shape index (κ3) is 2.67. The number of methoxy groups -OCH3 is 2. The van der Waals surface area contributed by atoms with Crippen LogP contribution in [0, 0.1) is 6.92 Å². The summed E-state index contributed by atoms with van der Waals surface area (Å²) in [5.74, 6) is 1.35. The molecule has 1 amide bonds. The van der Waals surface area contributed by atoms with Gasteiger partial charge in [0.2, 0.25) is 0 Å². The summed E-state index contributed by atoms with van der Waals surface area (Å²) in [7, 11) is 3.25. The number of amides is 1. The van der Waals surface area contributed by atoms with Crippen molar-refractivity contribution in [3.05, 3.63) is 52.7 Å². The molecule has 0 unspecified atom stereocenters. The third-order valence-electron chi connectivity index (χ3n) is 4.93. The van der Waals surface area contributed by atoms with Crippen LogP contribution in [0.2, 0.25) is 0 Å². The van der Waals surface area contributed by atoms with Gasteiger partial charge in [-0.05, 0) is 48.7 Å². The van der Waals surface area contributed by atoms with Crippen molar-refractivity contribution in [1.82, 2.24) is 15.1 Å². The van der Waals surface area contributed by atoms with Crippen LogP contribution in [0.5, 0.6) is 11.5 Å². The van der Waals surface area contributed by atoms with E-state index in [4.69, 9.17) is 9.47 Å². The molecule has 26 heavy (non-hydrogen) atoms. The second-order valence-corrected chi connectivity index (χ2v) is 6.57. The molecule has 1 aliphatic rings. The summed E-state index contributed by atoms with van der Waals surface area (Å²) in [4.78, 5) is 14.9. The van der Waals surface area contributed by atoms with Crippen LogP contribution in [0.25, 0.3) is 10.9 Å². The number of rotatable bonds is 3. The van der Waals surface area contributed by atoms with Crippen molar-refractivity contribution in [3.63, 3.8) is 0 Å². The fourth-order valence-corrected chi connectivity index (χ4v) is 3.50.